The number of azo groups is 3. The molecule has 0 radical (unpaired) electrons. The lowest BCUT2D eigenvalue weighted by Gasteiger charge is -2.13. The normalized spacial score (nSPS) is 12.9. The Kier molecular flexibility index (Phi) is 11.3. The van der Waals surface area contributed by atoms with Crippen LogP contribution >= 0.6 is 0 Å². The predicted octanol–water partition coefficient (Wildman–Crippen LogP) is 5.98. The fourth-order valence-corrected chi connectivity index (χ4v) is 7.48. The molecule has 0 aliphatic rings. The minimum Gasteiger partial charge on any atom is -0.505 e. The molecule has 0 aliphatic heterocycles. The van der Waals surface area contributed by atoms with Crippen molar-refractivity contribution in [2.75, 3.05) is 12.8 Å². The van der Waals surface area contributed by atoms with E-state index in [0.717, 1.165) is 18.2 Å². The number of phenols is 2. The molecule has 25 nitrogen and oxygen atoms in total. The maximum atomic E-state index is 12.4. The van der Waals surface area contributed by atoms with Crippen molar-refractivity contribution in [3.8, 4) is 17.2 Å². The predicted molar refractivity (Wildman–Crippen MR) is 196 cm³/mol. The number of nitrogen functional groups attached to an aromatic ring is 1. The number of nitro benzene ring substituents is 1. The third-order valence-corrected chi connectivity index (χ3v) is 11.0. The van der Waals surface area contributed by atoms with E-state index in [-0.39, 0.29) is 17.1 Å². The molecule has 0 amide bonds. The van der Waals surface area contributed by atoms with Gasteiger partial charge in [-0.1, -0.05) is 0 Å². The highest BCUT2D eigenvalue weighted by Crippen LogP contribution is 2.50. The van der Waals surface area contributed by atoms with Crippen LogP contribution in [0, 0.1) is 10.1 Å². The molecule has 29 heteroatoms. The van der Waals surface area contributed by atoms with E-state index in [2.05, 4.69) is 30.7 Å². The zero-order valence-corrected chi connectivity index (χ0v) is 31.6. The third-order valence-electron chi connectivity index (χ3n) is 7.48. The van der Waals surface area contributed by atoms with Gasteiger partial charge in [0.1, 0.15) is 53.8 Å². The van der Waals surface area contributed by atoms with E-state index in [4.69, 9.17) is 10.5 Å². The number of rotatable bonds is 12. The van der Waals surface area contributed by atoms with Gasteiger partial charge >= 0.3 is 0 Å². The lowest BCUT2D eigenvalue weighted by Crippen LogP contribution is -2.02. The van der Waals surface area contributed by atoms with Gasteiger partial charge in [0, 0.05) is 18.2 Å². The number of phenolic OH excluding ortho intramolecular Hbond substituents is 2. The second-order valence-corrected chi connectivity index (χ2v) is 16.8. The monoisotopic (exact) mass is 882 g/mol. The Balaban J connectivity index is 1.70. The van der Waals surface area contributed by atoms with Crippen molar-refractivity contribution < 1.29 is 71.8 Å². The van der Waals surface area contributed by atoms with Crippen LogP contribution in [0.4, 0.5) is 45.5 Å². The maximum absolute atomic E-state index is 12.4. The van der Waals surface area contributed by atoms with Gasteiger partial charge in [0.15, 0.2) is 11.5 Å². The molecule has 0 fully saturated rings. The average Bonchev–Trinajstić information content (AvgIpc) is 3.11. The highest BCUT2D eigenvalue weighted by Gasteiger charge is 2.30. The molecule has 0 saturated heterocycles. The van der Waals surface area contributed by atoms with Crippen LogP contribution in [0.2, 0.25) is 0 Å². The fraction of sp³-hybridized carbons (Fsp3) is 0.0345. The summed E-state index contributed by atoms with van der Waals surface area (Å²) in [6, 6.07) is 9.68. The summed E-state index contributed by atoms with van der Waals surface area (Å²) in [4.78, 5) is 5.19. The second kappa shape index (κ2) is 15.4. The highest BCUT2D eigenvalue weighted by molar-refractivity contribution is 7.86. The number of ether oxygens (including phenoxy) is 1. The molecule has 0 spiro atoms. The van der Waals surface area contributed by atoms with Gasteiger partial charge in [-0.3, -0.25) is 28.3 Å². The smallest absolute Gasteiger partial charge is 0.297 e. The zero-order chi connectivity index (χ0) is 43.1. The number of hydrogen-bond donors (Lipinski definition) is 7. The zero-order valence-electron chi connectivity index (χ0n) is 28.4. The van der Waals surface area contributed by atoms with Gasteiger partial charge in [-0.05, 0) is 53.9 Å². The summed E-state index contributed by atoms with van der Waals surface area (Å²) in [6.07, 6.45) is 0. The van der Waals surface area contributed by atoms with E-state index in [0.29, 0.717) is 36.1 Å². The van der Waals surface area contributed by atoms with Crippen LogP contribution in [0.15, 0.2) is 117 Å². The number of non-ortho nitro benzene ring substituents is 1. The Morgan fingerprint density at radius 1 is 0.586 bits per heavy atom. The second-order valence-electron chi connectivity index (χ2n) is 11.2. The van der Waals surface area contributed by atoms with Crippen LogP contribution in [0.25, 0.3) is 10.8 Å². The highest BCUT2D eigenvalue weighted by atomic mass is 32.2. The molecular formula is C29H22N8O17S4. The quantitative estimate of drug-likeness (QED) is 0.0249. The molecule has 8 N–H and O–H groups in total. The Hall–Kier alpha value is -6.60. The molecule has 0 heterocycles. The number of aromatic hydroxyl groups is 2. The lowest BCUT2D eigenvalue weighted by atomic mass is 10.1. The number of nitro groups is 1. The topological polar surface area (TPSA) is 410 Å². The molecule has 5 rings (SSSR count). The van der Waals surface area contributed by atoms with Crippen LogP contribution in [0.1, 0.15) is 0 Å². The molecule has 0 saturated carbocycles. The van der Waals surface area contributed by atoms with Crippen molar-refractivity contribution in [2.24, 2.45) is 30.7 Å². The summed E-state index contributed by atoms with van der Waals surface area (Å²) < 4.78 is 143. The molecule has 0 atom stereocenters. The fourth-order valence-electron chi connectivity index (χ4n) is 4.88. The van der Waals surface area contributed by atoms with Crippen molar-refractivity contribution in [3.63, 3.8) is 0 Å². The van der Waals surface area contributed by atoms with E-state index in [1.165, 1.54) is 25.3 Å². The van der Waals surface area contributed by atoms with Gasteiger partial charge < -0.3 is 20.7 Å². The molecule has 0 aromatic heterocycles. The number of benzene rings is 5. The van der Waals surface area contributed by atoms with Gasteiger partial charge in [0.05, 0.1) is 28.8 Å². The van der Waals surface area contributed by atoms with E-state index < -0.39 is 116 Å². The molecule has 58 heavy (non-hydrogen) atoms. The summed E-state index contributed by atoms with van der Waals surface area (Å²) in [7, 11) is -20.0. The number of methoxy groups -OCH3 is 1. The number of nitrogens with two attached hydrogens (primary N) is 1. The summed E-state index contributed by atoms with van der Waals surface area (Å²) in [5, 5.41) is 53.5. The van der Waals surface area contributed by atoms with E-state index >= 15 is 0 Å². The number of anilines is 1. The van der Waals surface area contributed by atoms with Crippen molar-refractivity contribution in [3.05, 3.63) is 76.8 Å². The van der Waals surface area contributed by atoms with E-state index in [9.17, 15) is 72.2 Å². The average molecular weight is 883 g/mol. The number of fused-ring (bicyclic) bond motifs is 1. The van der Waals surface area contributed by atoms with Gasteiger partial charge in [0.25, 0.3) is 46.2 Å². The lowest BCUT2D eigenvalue weighted by molar-refractivity contribution is -0.385. The van der Waals surface area contributed by atoms with E-state index in [1.54, 1.807) is 0 Å². The van der Waals surface area contributed by atoms with Crippen LogP contribution in [-0.4, -0.2) is 74.1 Å². The third kappa shape index (κ3) is 9.00. The summed E-state index contributed by atoms with van der Waals surface area (Å²) >= 11 is 0. The summed E-state index contributed by atoms with van der Waals surface area (Å²) in [5.74, 6) is -2.46. The molecule has 5 aromatic carbocycles. The van der Waals surface area contributed by atoms with Crippen molar-refractivity contribution in [1.82, 2.24) is 0 Å². The summed E-state index contributed by atoms with van der Waals surface area (Å²) in [5.41, 5.74) is 0.984. The SMILES string of the molecule is COc1ccc(N=Nc2ccc(N=Nc3c(S(=O)(=O)O)cc4cc(S(=O)(=O)O)c(N=Nc5ccc([N+](=O)[O-])cc5S(=O)(=O)O)c(O)c4c3O)c(S(=O)(=O)O)c2)c(N)c1. The first-order chi connectivity index (χ1) is 26.8. The van der Waals surface area contributed by atoms with Crippen molar-refractivity contribution >= 4 is 96.7 Å². The van der Waals surface area contributed by atoms with Crippen LogP contribution < -0.4 is 10.5 Å². The van der Waals surface area contributed by atoms with Gasteiger partial charge in [0.2, 0.25) is 0 Å². The Labute approximate surface area is 324 Å². The van der Waals surface area contributed by atoms with Crippen LogP contribution in [0.3, 0.4) is 0 Å². The van der Waals surface area contributed by atoms with Crippen LogP contribution in [0.5, 0.6) is 17.2 Å². The Morgan fingerprint density at radius 2 is 1.03 bits per heavy atom. The molecular weight excluding hydrogens is 861 g/mol. The van der Waals surface area contributed by atoms with Gasteiger partial charge in [-0.2, -0.15) is 38.8 Å². The van der Waals surface area contributed by atoms with E-state index in [1.807, 2.05) is 0 Å². The van der Waals surface area contributed by atoms with Gasteiger partial charge in [-0.25, -0.2) is 0 Å². The Bertz CT molecular complexity index is 3120. The van der Waals surface area contributed by atoms with Crippen LogP contribution in [-0.2, 0) is 40.5 Å². The number of hydrogen-bond acceptors (Lipinski definition) is 20. The van der Waals surface area contributed by atoms with Crippen molar-refractivity contribution in [2.45, 2.75) is 19.6 Å². The molecule has 0 aliphatic carbocycles. The molecule has 304 valence electrons. The molecule has 0 unspecified atom stereocenters. The van der Waals surface area contributed by atoms with Crippen molar-refractivity contribution in [1.29, 1.82) is 0 Å². The minimum atomic E-state index is -5.49. The first-order valence-electron chi connectivity index (χ1n) is 14.9. The standard InChI is InChI=1S/C29H22N8O17S4/c1-54-16-4-7-18(17(30)12-16)32-31-14-2-5-19(21(10-14)55(42,43)44)33-35-26-23(57(48,49)50)8-13-9-24(58(51,52)53)27(29(39)25(13)28(26)38)36-34-20-6-3-15(37(40)41)11-22(20)56(45,46)47/h2-12,38-39H,30H2,1H3,(H,42,43,44)(H,45,46,47)(H,48,49,50)(H,51,52,53). The largest absolute Gasteiger partial charge is 0.505 e. The number of nitrogens with zero attached hydrogens (tertiary/aromatic N) is 7. The molecule has 5 aromatic rings. The minimum absolute atomic E-state index is 0.125. The first-order valence-corrected chi connectivity index (χ1v) is 20.6. The maximum Gasteiger partial charge on any atom is 0.297 e. The summed E-state index contributed by atoms with van der Waals surface area (Å²) in [6.45, 7) is 0. The molecule has 0 bridgehead atoms. The van der Waals surface area contributed by atoms with Gasteiger partial charge in [-0.15, -0.1) is 25.6 Å². The first kappa shape index (κ1) is 42.5. The Morgan fingerprint density at radius 3 is 1.48 bits per heavy atom.